The minimum atomic E-state index is -0.282. The van der Waals surface area contributed by atoms with Gasteiger partial charge in [0.25, 0.3) is 0 Å². The highest BCUT2D eigenvalue weighted by Crippen LogP contribution is 2.42. The van der Waals surface area contributed by atoms with Crippen molar-refractivity contribution in [3.8, 4) is 11.1 Å². The highest BCUT2D eigenvalue weighted by molar-refractivity contribution is 7.25. The molecule has 0 amide bonds. The minimum absolute atomic E-state index is 0.167. The number of thiophene rings is 1. The molecule has 6 heteroatoms. The lowest BCUT2D eigenvalue weighted by atomic mass is 9.99. The van der Waals surface area contributed by atoms with Crippen LogP contribution in [-0.4, -0.2) is 5.84 Å². The molecule has 0 bridgehead atoms. The molecule has 2 unspecified atom stereocenters. The Bertz CT molecular complexity index is 3010. The predicted octanol–water partition coefficient (Wildman–Crippen LogP) is 11.9. The lowest BCUT2D eigenvalue weighted by Crippen LogP contribution is -2.45. The summed E-state index contributed by atoms with van der Waals surface area (Å²) in [6.07, 6.45) is -0.449. The van der Waals surface area contributed by atoms with Crippen molar-refractivity contribution in [1.82, 2.24) is 10.6 Å². The molecule has 2 N–H and O–H groups in total. The Balaban J connectivity index is 1.09. The van der Waals surface area contributed by atoms with Crippen molar-refractivity contribution in [2.45, 2.75) is 12.3 Å². The second kappa shape index (κ2) is 11.2. The van der Waals surface area contributed by atoms with E-state index in [0.717, 1.165) is 77.5 Å². The van der Waals surface area contributed by atoms with Crippen molar-refractivity contribution < 1.29 is 8.83 Å². The summed E-state index contributed by atoms with van der Waals surface area (Å²) in [7, 11) is 0. The van der Waals surface area contributed by atoms with Crippen LogP contribution < -0.4 is 10.6 Å². The quantitative estimate of drug-likeness (QED) is 0.195. The molecular weight excluding hydrogens is 647 g/mol. The fourth-order valence-corrected chi connectivity index (χ4v) is 8.86. The van der Waals surface area contributed by atoms with E-state index in [1.54, 1.807) is 0 Å². The first-order chi connectivity index (χ1) is 25.3. The molecule has 0 spiro atoms. The van der Waals surface area contributed by atoms with E-state index in [9.17, 15) is 0 Å². The highest BCUT2D eigenvalue weighted by atomic mass is 32.1. The lowest BCUT2D eigenvalue weighted by molar-refractivity contribution is 0.409. The van der Waals surface area contributed by atoms with E-state index in [1.165, 1.54) is 20.2 Å². The summed E-state index contributed by atoms with van der Waals surface area (Å²) < 4.78 is 16.0. The van der Waals surface area contributed by atoms with Crippen molar-refractivity contribution in [3.05, 3.63) is 168 Å². The van der Waals surface area contributed by atoms with Gasteiger partial charge >= 0.3 is 0 Å². The van der Waals surface area contributed by atoms with Gasteiger partial charge in [0.05, 0.1) is 5.56 Å². The van der Waals surface area contributed by atoms with Crippen LogP contribution >= 0.6 is 11.3 Å². The van der Waals surface area contributed by atoms with Gasteiger partial charge in [-0.1, -0.05) is 121 Å². The summed E-state index contributed by atoms with van der Waals surface area (Å²) in [5, 5.41) is 14.4. The second-order valence-corrected chi connectivity index (χ2v) is 14.2. The number of aliphatic imine (C=N–C) groups is 1. The molecular formula is C45H29N3O2S. The van der Waals surface area contributed by atoms with Gasteiger partial charge in [-0.05, 0) is 41.5 Å². The minimum Gasteiger partial charge on any atom is -0.455 e. The Morgan fingerprint density at radius 1 is 0.471 bits per heavy atom. The first-order valence-electron chi connectivity index (χ1n) is 17.2. The molecule has 1 aliphatic rings. The third-order valence-electron chi connectivity index (χ3n) is 10.2. The van der Waals surface area contributed by atoms with Gasteiger partial charge < -0.3 is 14.2 Å². The van der Waals surface area contributed by atoms with E-state index in [1.807, 2.05) is 29.5 Å². The van der Waals surface area contributed by atoms with E-state index in [4.69, 9.17) is 13.8 Å². The maximum Gasteiger partial charge on any atom is 0.146 e. The molecule has 1 aliphatic heterocycles. The summed E-state index contributed by atoms with van der Waals surface area (Å²) >= 11 is 1.83. The van der Waals surface area contributed by atoms with E-state index in [2.05, 4.69) is 144 Å². The number of hydrogen-bond donors (Lipinski definition) is 2. The molecule has 242 valence electrons. The molecule has 0 saturated heterocycles. The molecule has 5 nitrogen and oxygen atoms in total. The molecule has 4 heterocycles. The number of hydrogen-bond acceptors (Lipinski definition) is 6. The summed E-state index contributed by atoms with van der Waals surface area (Å²) in [5.41, 5.74) is 8.54. The van der Waals surface area contributed by atoms with E-state index in [0.29, 0.717) is 0 Å². The molecule has 0 saturated carbocycles. The fraction of sp³-hybridized carbons (Fsp3) is 0.0444. The summed E-state index contributed by atoms with van der Waals surface area (Å²) in [6.45, 7) is 0. The van der Waals surface area contributed by atoms with Crippen LogP contribution in [-0.2, 0) is 0 Å². The summed E-state index contributed by atoms with van der Waals surface area (Å²) in [4.78, 5) is 5.36. The van der Waals surface area contributed by atoms with Gasteiger partial charge in [-0.15, -0.1) is 11.3 Å². The van der Waals surface area contributed by atoms with Gasteiger partial charge in [-0.25, -0.2) is 4.99 Å². The maximum atomic E-state index is 6.94. The third-order valence-corrected chi connectivity index (χ3v) is 11.3. The zero-order valence-electron chi connectivity index (χ0n) is 27.3. The van der Waals surface area contributed by atoms with Crippen LogP contribution in [0.25, 0.3) is 75.2 Å². The highest BCUT2D eigenvalue weighted by Gasteiger charge is 2.28. The molecule has 51 heavy (non-hydrogen) atoms. The van der Waals surface area contributed by atoms with Gasteiger partial charge in [0.15, 0.2) is 0 Å². The van der Waals surface area contributed by atoms with Crippen molar-refractivity contribution in [3.63, 3.8) is 0 Å². The number of amidine groups is 1. The zero-order valence-corrected chi connectivity index (χ0v) is 28.1. The topological polar surface area (TPSA) is 62.7 Å². The molecule has 10 aromatic rings. The monoisotopic (exact) mass is 675 g/mol. The Kier molecular flexibility index (Phi) is 6.26. The van der Waals surface area contributed by atoms with Crippen LogP contribution in [0, 0.1) is 0 Å². The molecule has 7 aromatic carbocycles. The van der Waals surface area contributed by atoms with Crippen molar-refractivity contribution in [2.75, 3.05) is 0 Å². The average molecular weight is 676 g/mol. The number of rotatable bonds is 4. The zero-order chi connectivity index (χ0) is 33.5. The van der Waals surface area contributed by atoms with Crippen LogP contribution in [0.4, 0.5) is 0 Å². The molecule has 11 rings (SSSR count). The van der Waals surface area contributed by atoms with Crippen molar-refractivity contribution in [1.29, 1.82) is 0 Å². The van der Waals surface area contributed by atoms with Gasteiger partial charge in [0.2, 0.25) is 0 Å². The number of nitrogens with zero attached hydrogens (tertiary/aromatic N) is 1. The van der Waals surface area contributed by atoms with Gasteiger partial charge in [0, 0.05) is 52.8 Å². The van der Waals surface area contributed by atoms with Crippen LogP contribution in [0.15, 0.2) is 165 Å². The number of para-hydroxylation sites is 4. The summed E-state index contributed by atoms with van der Waals surface area (Å²) in [6, 6.07) is 53.1. The van der Waals surface area contributed by atoms with Crippen molar-refractivity contribution in [2.24, 2.45) is 4.99 Å². The standard InChI is InChI=1S/C45H29N3O2S/c1-2-11-26(12-3-1)43-46-44(27-23-24-39-36(25-27)29-14-5-7-22-38(29)51-39)48-45(47-43)35-20-10-19-34-33-18-9-17-32(41(33)50-42(34)35)31-16-8-15-30-28-13-4-6-21-37(28)49-40(30)31/h1-25,43-44,46H,(H,47,48). The van der Waals surface area contributed by atoms with Crippen LogP contribution in [0.5, 0.6) is 0 Å². The number of benzene rings is 7. The number of furan rings is 2. The fourth-order valence-electron chi connectivity index (χ4n) is 7.77. The Morgan fingerprint density at radius 3 is 1.88 bits per heavy atom. The average Bonchev–Trinajstić information content (AvgIpc) is 3.89. The number of fused-ring (bicyclic) bond motifs is 9. The van der Waals surface area contributed by atoms with Gasteiger partial charge in [0.1, 0.15) is 40.5 Å². The Morgan fingerprint density at radius 2 is 1.08 bits per heavy atom. The molecule has 3 aromatic heterocycles. The molecule has 2 atom stereocenters. The SMILES string of the molecule is c1ccc(C2NC(c3cccc4c3oc3c(-c5cccc6c5oc5ccccc56)cccc34)=NC(c3ccc4sc5ccccc5c4c3)N2)cc1. The molecule has 0 aliphatic carbocycles. The Labute approximate surface area is 296 Å². The number of nitrogens with one attached hydrogen (secondary N) is 2. The second-order valence-electron chi connectivity index (χ2n) is 13.1. The van der Waals surface area contributed by atoms with Crippen LogP contribution in [0.1, 0.15) is 29.0 Å². The summed E-state index contributed by atoms with van der Waals surface area (Å²) in [5.74, 6) is 0.786. The van der Waals surface area contributed by atoms with Crippen LogP contribution in [0.2, 0.25) is 0 Å². The third kappa shape index (κ3) is 4.47. The Hall–Kier alpha value is -6.21. The van der Waals surface area contributed by atoms with E-state index >= 15 is 0 Å². The lowest BCUT2D eigenvalue weighted by Gasteiger charge is -2.32. The van der Waals surface area contributed by atoms with Gasteiger partial charge in [-0.2, -0.15) is 0 Å². The maximum absolute atomic E-state index is 6.94. The van der Waals surface area contributed by atoms with Gasteiger partial charge in [-0.3, -0.25) is 5.32 Å². The van der Waals surface area contributed by atoms with E-state index < -0.39 is 0 Å². The first-order valence-corrected chi connectivity index (χ1v) is 18.0. The molecule has 0 fully saturated rings. The predicted molar refractivity (Wildman–Crippen MR) is 210 cm³/mol. The normalized spacial score (nSPS) is 16.4. The van der Waals surface area contributed by atoms with Crippen LogP contribution in [0.3, 0.4) is 0 Å². The molecule has 0 radical (unpaired) electrons. The smallest absolute Gasteiger partial charge is 0.146 e. The largest absolute Gasteiger partial charge is 0.455 e. The van der Waals surface area contributed by atoms with E-state index in [-0.39, 0.29) is 12.3 Å². The first kappa shape index (κ1) is 28.6. The van der Waals surface area contributed by atoms with Crippen molar-refractivity contribution >= 4 is 81.2 Å².